The number of pyridine rings is 2. The van der Waals surface area contributed by atoms with E-state index in [2.05, 4.69) is 27.1 Å². The predicted molar refractivity (Wildman–Crippen MR) is 131 cm³/mol. The molecular formula is C27H25FN4O4. The summed E-state index contributed by atoms with van der Waals surface area (Å²) in [5, 5.41) is 12.6. The molecule has 8 nitrogen and oxygen atoms in total. The van der Waals surface area contributed by atoms with Gasteiger partial charge in [-0.15, -0.1) is 0 Å². The van der Waals surface area contributed by atoms with Crippen LogP contribution in [0, 0.1) is 17.8 Å². The number of nitrogens with zero attached hydrogens (tertiary/aromatic N) is 3. The third-order valence-corrected chi connectivity index (χ3v) is 5.50. The average molecular weight is 489 g/mol. The van der Waals surface area contributed by atoms with E-state index in [-0.39, 0.29) is 11.6 Å². The van der Waals surface area contributed by atoms with E-state index in [9.17, 15) is 19.1 Å². The first-order chi connectivity index (χ1) is 17.1. The van der Waals surface area contributed by atoms with Gasteiger partial charge in [-0.2, -0.15) is 4.39 Å². The Kier molecular flexibility index (Phi) is 6.99. The van der Waals surface area contributed by atoms with E-state index in [1.807, 2.05) is 18.2 Å². The molecule has 4 rings (SSSR count). The van der Waals surface area contributed by atoms with E-state index in [1.54, 1.807) is 27.0 Å². The minimum atomic E-state index is -1.13. The van der Waals surface area contributed by atoms with Gasteiger partial charge >= 0.3 is 0 Å². The second-order valence-corrected chi connectivity index (χ2v) is 8.91. The second-order valence-electron chi connectivity index (χ2n) is 8.91. The number of likely N-dealkylation sites (N-methyl/N-ethyl adjacent to an activating group) is 1. The molecule has 2 amide bonds. The summed E-state index contributed by atoms with van der Waals surface area (Å²) < 4.78 is 18.6. The number of halogens is 1. The molecule has 184 valence electrons. The summed E-state index contributed by atoms with van der Waals surface area (Å²) >= 11 is 0. The Hall–Kier alpha value is -4.29. The Morgan fingerprint density at radius 2 is 2.00 bits per heavy atom. The number of amides is 2. The summed E-state index contributed by atoms with van der Waals surface area (Å²) in [4.78, 5) is 35.3. The van der Waals surface area contributed by atoms with Gasteiger partial charge in [-0.05, 0) is 62.6 Å². The Morgan fingerprint density at radius 1 is 1.19 bits per heavy atom. The van der Waals surface area contributed by atoms with E-state index in [0.29, 0.717) is 35.6 Å². The maximum absolute atomic E-state index is 13.2. The molecule has 36 heavy (non-hydrogen) atoms. The van der Waals surface area contributed by atoms with Crippen LogP contribution in [0.4, 0.5) is 10.1 Å². The van der Waals surface area contributed by atoms with Crippen LogP contribution in [0.5, 0.6) is 11.5 Å². The Balaban J connectivity index is 1.48. The molecule has 0 saturated carbocycles. The molecule has 1 aliphatic rings. The fraction of sp³-hybridized carbons (Fsp3) is 0.259. The number of benzene rings is 1. The number of carbonyl (C=O) groups excluding carboxylic acids is 2. The number of carbonyl (C=O) groups is 2. The normalized spacial score (nSPS) is 15.3. The first kappa shape index (κ1) is 24.8. The lowest BCUT2D eigenvalue weighted by molar-refractivity contribution is -0.120. The maximum atomic E-state index is 13.2. The highest BCUT2D eigenvalue weighted by molar-refractivity contribution is 6.02. The van der Waals surface area contributed by atoms with Crippen LogP contribution in [0.3, 0.4) is 0 Å². The molecule has 0 unspecified atom stereocenters. The SMILES string of the molecule is CN1C(=O)[C@@H](NC(=O)c2cc(Oc3ccc(F)nc3)ccn2)CCc2ccc(C#CC(C)(C)O)cc21. The molecule has 0 fully saturated rings. The highest BCUT2D eigenvalue weighted by atomic mass is 19.1. The van der Waals surface area contributed by atoms with Crippen molar-refractivity contribution < 1.29 is 23.8 Å². The molecule has 0 aliphatic carbocycles. The van der Waals surface area contributed by atoms with Gasteiger partial charge in [-0.1, -0.05) is 17.9 Å². The van der Waals surface area contributed by atoms with Crippen LogP contribution in [0.1, 0.15) is 41.9 Å². The van der Waals surface area contributed by atoms with Gasteiger partial charge in [-0.25, -0.2) is 4.98 Å². The molecule has 1 aromatic carbocycles. The molecule has 1 aliphatic heterocycles. The minimum Gasteiger partial charge on any atom is -0.456 e. The summed E-state index contributed by atoms with van der Waals surface area (Å²) in [5.41, 5.74) is 1.29. The van der Waals surface area contributed by atoms with Crippen LogP contribution in [0.2, 0.25) is 0 Å². The monoisotopic (exact) mass is 488 g/mol. The summed E-state index contributed by atoms with van der Waals surface area (Å²) in [6.45, 7) is 3.20. The lowest BCUT2D eigenvalue weighted by Crippen LogP contribution is -2.46. The first-order valence-corrected chi connectivity index (χ1v) is 11.3. The third-order valence-electron chi connectivity index (χ3n) is 5.50. The van der Waals surface area contributed by atoms with Crippen LogP contribution in [-0.2, 0) is 11.2 Å². The molecular weight excluding hydrogens is 463 g/mol. The van der Waals surface area contributed by atoms with Crippen LogP contribution in [0.25, 0.3) is 0 Å². The smallest absolute Gasteiger partial charge is 0.270 e. The molecule has 0 spiro atoms. The van der Waals surface area contributed by atoms with Crippen molar-refractivity contribution >= 4 is 17.5 Å². The van der Waals surface area contributed by atoms with Gasteiger partial charge in [0.25, 0.3) is 5.91 Å². The fourth-order valence-corrected chi connectivity index (χ4v) is 3.69. The highest BCUT2D eigenvalue weighted by Gasteiger charge is 2.30. The zero-order valence-electron chi connectivity index (χ0n) is 20.1. The Bertz CT molecular complexity index is 1360. The number of aromatic nitrogens is 2. The van der Waals surface area contributed by atoms with Crippen LogP contribution < -0.4 is 15.0 Å². The fourth-order valence-electron chi connectivity index (χ4n) is 3.69. The zero-order valence-corrected chi connectivity index (χ0v) is 20.1. The average Bonchev–Trinajstić information content (AvgIpc) is 2.96. The summed E-state index contributed by atoms with van der Waals surface area (Å²) in [7, 11) is 1.66. The van der Waals surface area contributed by atoms with Crippen molar-refractivity contribution in [2.45, 2.75) is 38.3 Å². The van der Waals surface area contributed by atoms with E-state index in [1.165, 1.54) is 35.5 Å². The van der Waals surface area contributed by atoms with Crippen LogP contribution in [0.15, 0.2) is 54.9 Å². The number of ether oxygens (including phenoxy) is 1. The molecule has 2 N–H and O–H groups in total. The number of hydrogen-bond acceptors (Lipinski definition) is 6. The number of fused-ring (bicyclic) bond motifs is 1. The molecule has 0 radical (unpaired) electrons. The van der Waals surface area contributed by atoms with Gasteiger partial charge in [0.15, 0.2) is 0 Å². The number of rotatable bonds is 4. The summed E-state index contributed by atoms with van der Waals surface area (Å²) in [5.74, 6) is 4.91. The summed E-state index contributed by atoms with van der Waals surface area (Å²) in [6, 6.07) is 10.4. The largest absolute Gasteiger partial charge is 0.456 e. The predicted octanol–water partition coefficient (Wildman–Crippen LogP) is 3.24. The molecule has 3 aromatic rings. The van der Waals surface area contributed by atoms with Gasteiger partial charge in [0.2, 0.25) is 11.9 Å². The molecule has 0 bridgehead atoms. The topological polar surface area (TPSA) is 105 Å². The van der Waals surface area contributed by atoms with Crippen molar-refractivity contribution in [3.05, 3.63) is 77.6 Å². The first-order valence-electron chi connectivity index (χ1n) is 11.3. The van der Waals surface area contributed by atoms with Gasteiger partial charge < -0.3 is 20.1 Å². The van der Waals surface area contributed by atoms with Crippen LogP contribution in [-0.4, -0.2) is 45.6 Å². The van der Waals surface area contributed by atoms with E-state index in [0.717, 1.165) is 5.56 Å². The quantitative estimate of drug-likeness (QED) is 0.432. The lowest BCUT2D eigenvalue weighted by atomic mass is 10.0. The van der Waals surface area contributed by atoms with E-state index < -0.39 is 23.5 Å². The Labute approximate surface area is 208 Å². The molecule has 9 heteroatoms. The number of anilines is 1. The van der Waals surface area contributed by atoms with Gasteiger partial charge in [-0.3, -0.25) is 14.6 Å². The Morgan fingerprint density at radius 3 is 2.72 bits per heavy atom. The van der Waals surface area contributed by atoms with E-state index >= 15 is 0 Å². The maximum Gasteiger partial charge on any atom is 0.270 e. The molecule has 3 heterocycles. The van der Waals surface area contributed by atoms with Gasteiger partial charge in [0, 0.05) is 30.6 Å². The second kappa shape index (κ2) is 10.1. The van der Waals surface area contributed by atoms with Gasteiger partial charge in [0.05, 0.1) is 6.20 Å². The molecule has 2 aromatic heterocycles. The molecule has 1 atom stereocenters. The van der Waals surface area contributed by atoms with Gasteiger partial charge in [0.1, 0.15) is 28.8 Å². The van der Waals surface area contributed by atoms with Crippen molar-refractivity contribution in [2.75, 3.05) is 11.9 Å². The van der Waals surface area contributed by atoms with Crippen molar-refractivity contribution in [1.29, 1.82) is 0 Å². The zero-order chi connectivity index (χ0) is 25.9. The van der Waals surface area contributed by atoms with Crippen molar-refractivity contribution in [1.82, 2.24) is 15.3 Å². The number of aryl methyl sites for hydroxylation is 1. The van der Waals surface area contributed by atoms with E-state index in [4.69, 9.17) is 4.74 Å². The van der Waals surface area contributed by atoms with Crippen molar-refractivity contribution in [2.24, 2.45) is 0 Å². The molecule has 0 saturated heterocycles. The standard InChI is InChI=1S/C27H25FN4O4/c1-27(2,35)12-10-17-4-5-18-6-8-21(26(34)32(3)23(18)14-17)31-25(33)22-15-19(11-13-29-22)36-20-7-9-24(28)30-16-20/h4-5,7,9,11,13-16,21,35H,6,8H2,1-3H3,(H,31,33)/t21-/m0/s1. The summed E-state index contributed by atoms with van der Waals surface area (Å²) in [6.07, 6.45) is 3.63. The van der Waals surface area contributed by atoms with Crippen LogP contribution >= 0.6 is 0 Å². The third kappa shape index (κ3) is 6.03. The number of aliphatic hydroxyl groups is 1. The number of hydrogen-bond donors (Lipinski definition) is 2. The lowest BCUT2D eigenvalue weighted by Gasteiger charge is -2.22. The highest BCUT2D eigenvalue weighted by Crippen LogP contribution is 2.28. The van der Waals surface area contributed by atoms with Crippen molar-refractivity contribution in [3.63, 3.8) is 0 Å². The minimum absolute atomic E-state index is 0.0731. The van der Waals surface area contributed by atoms with Crippen molar-refractivity contribution in [3.8, 4) is 23.3 Å². The number of nitrogens with one attached hydrogen (secondary N) is 1.